The summed E-state index contributed by atoms with van der Waals surface area (Å²) in [6.45, 7) is 4.22. The highest BCUT2D eigenvalue weighted by atomic mass is 16.7. The van der Waals surface area contributed by atoms with Crippen LogP contribution >= 0.6 is 0 Å². The Labute approximate surface area is 163 Å². The maximum absolute atomic E-state index is 12.6. The van der Waals surface area contributed by atoms with E-state index in [0.29, 0.717) is 11.4 Å². The molecule has 28 heavy (non-hydrogen) atoms. The first-order chi connectivity index (χ1) is 13.5. The summed E-state index contributed by atoms with van der Waals surface area (Å²) in [6, 6.07) is 16.0. The third kappa shape index (κ3) is 4.40. The van der Waals surface area contributed by atoms with E-state index in [0.717, 1.165) is 21.4 Å². The van der Waals surface area contributed by atoms with Gasteiger partial charge in [-0.25, -0.2) is 0 Å². The number of aromatic nitrogens is 1. The fourth-order valence-corrected chi connectivity index (χ4v) is 2.72. The van der Waals surface area contributed by atoms with E-state index in [-0.39, 0.29) is 12.2 Å². The molecule has 0 aliphatic carbocycles. The molecule has 3 aromatic rings. The standard InChI is InChI=1S/C22H22N2O4/c1-15-6-7-16(2)17(13-15)14-28-24-12-4-5-20(22(24)26)21(25)23-18-8-10-19(27-3)11-9-18/h4-13H,14H2,1-3H3,(H,23,25). The summed E-state index contributed by atoms with van der Waals surface area (Å²) in [6.07, 6.45) is 1.50. The van der Waals surface area contributed by atoms with Crippen molar-refractivity contribution in [3.05, 3.63) is 93.4 Å². The largest absolute Gasteiger partial charge is 0.497 e. The Hall–Kier alpha value is -3.54. The monoisotopic (exact) mass is 378 g/mol. The van der Waals surface area contributed by atoms with Crippen molar-refractivity contribution in [2.24, 2.45) is 0 Å². The molecule has 1 amide bonds. The number of aryl methyl sites for hydroxylation is 2. The van der Waals surface area contributed by atoms with E-state index in [1.165, 1.54) is 12.3 Å². The Bertz CT molecular complexity index is 1040. The van der Waals surface area contributed by atoms with Crippen molar-refractivity contribution < 1.29 is 14.4 Å². The molecule has 0 fully saturated rings. The van der Waals surface area contributed by atoms with Crippen LogP contribution in [0.25, 0.3) is 0 Å². The molecule has 0 aliphatic rings. The van der Waals surface area contributed by atoms with Crippen LogP contribution in [-0.4, -0.2) is 17.7 Å². The summed E-state index contributed by atoms with van der Waals surface area (Å²) in [5.74, 6) is 0.180. The lowest BCUT2D eigenvalue weighted by molar-refractivity contribution is 0.0860. The number of benzene rings is 2. The first kappa shape index (κ1) is 19.2. The van der Waals surface area contributed by atoms with Crippen LogP contribution in [0.3, 0.4) is 0 Å². The van der Waals surface area contributed by atoms with Gasteiger partial charge >= 0.3 is 0 Å². The van der Waals surface area contributed by atoms with E-state index in [9.17, 15) is 9.59 Å². The molecule has 144 valence electrons. The Morgan fingerprint density at radius 3 is 2.54 bits per heavy atom. The zero-order chi connectivity index (χ0) is 20.1. The molecular weight excluding hydrogens is 356 g/mol. The molecule has 0 spiro atoms. The zero-order valence-corrected chi connectivity index (χ0v) is 16.1. The molecule has 0 saturated carbocycles. The molecular formula is C22H22N2O4. The Morgan fingerprint density at radius 1 is 1.07 bits per heavy atom. The number of pyridine rings is 1. The topological polar surface area (TPSA) is 69.6 Å². The van der Waals surface area contributed by atoms with Crippen molar-refractivity contribution in [3.8, 4) is 5.75 Å². The number of nitrogens with zero attached hydrogens (tertiary/aromatic N) is 1. The third-order valence-corrected chi connectivity index (χ3v) is 4.37. The number of carbonyl (C=O) groups is 1. The van der Waals surface area contributed by atoms with Gasteiger partial charge in [0, 0.05) is 11.9 Å². The van der Waals surface area contributed by atoms with Gasteiger partial charge < -0.3 is 14.9 Å². The van der Waals surface area contributed by atoms with Crippen molar-refractivity contribution in [3.63, 3.8) is 0 Å². The van der Waals surface area contributed by atoms with Crippen molar-refractivity contribution in [1.82, 2.24) is 4.73 Å². The molecule has 1 aromatic heterocycles. The lowest BCUT2D eigenvalue weighted by Crippen LogP contribution is -2.32. The van der Waals surface area contributed by atoms with E-state index in [2.05, 4.69) is 5.32 Å². The summed E-state index contributed by atoms with van der Waals surface area (Å²) in [4.78, 5) is 30.8. The van der Waals surface area contributed by atoms with Gasteiger partial charge in [-0.05, 0) is 61.4 Å². The van der Waals surface area contributed by atoms with Gasteiger partial charge in [-0.15, -0.1) is 0 Å². The molecule has 1 heterocycles. The molecule has 6 heteroatoms. The molecule has 0 atom stereocenters. The van der Waals surface area contributed by atoms with Gasteiger partial charge in [-0.2, -0.15) is 4.73 Å². The second kappa shape index (κ2) is 8.43. The molecule has 1 N–H and O–H groups in total. The van der Waals surface area contributed by atoms with Gasteiger partial charge in [0.2, 0.25) is 0 Å². The summed E-state index contributed by atoms with van der Waals surface area (Å²) in [5.41, 5.74) is 3.23. The van der Waals surface area contributed by atoms with E-state index in [1.807, 2.05) is 32.0 Å². The van der Waals surface area contributed by atoms with Crippen LogP contribution in [-0.2, 0) is 6.61 Å². The number of rotatable bonds is 6. The highest BCUT2D eigenvalue weighted by molar-refractivity contribution is 6.03. The number of anilines is 1. The molecule has 0 aliphatic heterocycles. The first-order valence-corrected chi connectivity index (χ1v) is 8.84. The number of methoxy groups -OCH3 is 1. The van der Waals surface area contributed by atoms with Gasteiger partial charge in [-0.1, -0.05) is 23.8 Å². The highest BCUT2D eigenvalue weighted by Crippen LogP contribution is 2.15. The minimum atomic E-state index is -0.515. The number of carbonyl (C=O) groups excluding carboxylic acids is 1. The molecule has 0 radical (unpaired) electrons. The van der Waals surface area contributed by atoms with Crippen LogP contribution in [0.4, 0.5) is 5.69 Å². The number of hydrogen-bond acceptors (Lipinski definition) is 4. The fourth-order valence-electron chi connectivity index (χ4n) is 2.72. The normalized spacial score (nSPS) is 10.4. The number of ether oxygens (including phenoxy) is 1. The SMILES string of the molecule is COc1ccc(NC(=O)c2cccn(OCc3cc(C)ccc3C)c2=O)cc1. The summed E-state index contributed by atoms with van der Waals surface area (Å²) >= 11 is 0. The van der Waals surface area contributed by atoms with E-state index < -0.39 is 11.5 Å². The van der Waals surface area contributed by atoms with Gasteiger partial charge in [-0.3, -0.25) is 9.59 Å². The third-order valence-electron chi connectivity index (χ3n) is 4.37. The fraction of sp³-hybridized carbons (Fsp3) is 0.182. The molecule has 0 bridgehead atoms. The van der Waals surface area contributed by atoms with E-state index in [4.69, 9.17) is 9.57 Å². The van der Waals surface area contributed by atoms with Gasteiger partial charge in [0.15, 0.2) is 0 Å². The van der Waals surface area contributed by atoms with Crippen LogP contribution in [0.2, 0.25) is 0 Å². The predicted molar refractivity (Wildman–Crippen MR) is 108 cm³/mol. The smallest absolute Gasteiger partial charge is 0.295 e. The number of hydrogen-bond donors (Lipinski definition) is 1. The molecule has 6 nitrogen and oxygen atoms in total. The van der Waals surface area contributed by atoms with Crippen LogP contribution in [0, 0.1) is 13.8 Å². The quantitative estimate of drug-likeness (QED) is 0.714. The molecule has 3 rings (SSSR count). The van der Waals surface area contributed by atoms with Gasteiger partial charge in [0.05, 0.1) is 7.11 Å². The summed E-state index contributed by atoms with van der Waals surface area (Å²) in [5, 5.41) is 2.70. The maximum atomic E-state index is 12.6. The summed E-state index contributed by atoms with van der Waals surface area (Å²) < 4.78 is 6.18. The Balaban J connectivity index is 1.75. The number of amides is 1. The Kier molecular flexibility index (Phi) is 5.79. The van der Waals surface area contributed by atoms with E-state index in [1.54, 1.807) is 37.4 Å². The maximum Gasteiger partial charge on any atom is 0.295 e. The van der Waals surface area contributed by atoms with Crippen molar-refractivity contribution >= 4 is 11.6 Å². The zero-order valence-electron chi connectivity index (χ0n) is 16.1. The van der Waals surface area contributed by atoms with E-state index >= 15 is 0 Å². The lowest BCUT2D eigenvalue weighted by Gasteiger charge is -2.12. The van der Waals surface area contributed by atoms with Crippen molar-refractivity contribution in [2.75, 3.05) is 12.4 Å². The molecule has 0 saturated heterocycles. The number of nitrogens with one attached hydrogen (secondary N) is 1. The first-order valence-electron chi connectivity index (χ1n) is 8.84. The van der Waals surface area contributed by atoms with Crippen molar-refractivity contribution in [1.29, 1.82) is 0 Å². The average molecular weight is 378 g/mol. The second-order valence-electron chi connectivity index (χ2n) is 6.44. The van der Waals surface area contributed by atoms with Crippen LogP contribution < -0.4 is 20.5 Å². The molecule has 2 aromatic carbocycles. The minimum absolute atomic E-state index is 0.000665. The minimum Gasteiger partial charge on any atom is -0.497 e. The van der Waals surface area contributed by atoms with Crippen LogP contribution in [0.15, 0.2) is 65.6 Å². The predicted octanol–water partition coefficient (Wildman–Crippen LogP) is 3.35. The van der Waals surface area contributed by atoms with Crippen LogP contribution in [0.5, 0.6) is 5.75 Å². The average Bonchev–Trinajstić information content (AvgIpc) is 2.70. The van der Waals surface area contributed by atoms with Crippen molar-refractivity contribution in [2.45, 2.75) is 20.5 Å². The van der Waals surface area contributed by atoms with Gasteiger partial charge in [0.1, 0.15) is 17.9 Å². The Morgan fingerprint density at radius 2 is 1.82 bits per heavy atom. The lowest BCUT2D eigenvalue weighted by atomic mass is 10.1. The van der Waals surface area contributed by atoms with Crippen LogP contribution in [0.1, 0.15) is 27.0 Å². The molecule has 0 unspecified atom stereocenters. The second-order valence-corrected chi connectivity index (χ2v) is 6.44. The van der Waals surface area contributed by atoms with Gasteiger partial charge in [0.25, 0.3) is 11.5 Å². The summed E-state index contributed by atoms with van der Waals surface area (Å²) in [7, 11) is 1.57. The highest BCUT2D eigenvalue weighted by Gasteiger charge is 2.13.